The highest BCUT2D eigenvalue weighted by Gasteiger charge is 2.35. The Labute approximate surface area is 285 Å². The number of nitrogens with zero attached hydrogens (tertiary/aromatic N) is 3. The average molecular weight is 676 g/mol. The Bertz CT molecular complexity index is 1740. The van der Waals surface area contributed by atoms with Crippen LogP contribution in [-0.4, -0.2) is 67.1 Å². The normalized spacial score (nSPS) is 16.4. The molecule has 0 spiro atoms. The van der Waals surface area contributed by atoms with Gasteiger partial charge in [-0.15, -0.1) is 11.3 Å². The van der Waals surface area contributed by atoms with Crippen molar-refractivity contribution in [2.45, 2.75) is 70.7 Å². The van der Waals surface area contributed by atoms with Crippen molar-refractivity contribution in [3.8, 4) is 16.9 Å². The Balaban J connectivity index is 1.45. The minimum atomic E-state index is -0.573. The molecule has 3 amide bonds. The zero-order valence-electron chi connectivity index (χ0n) is 27.8. The zero-order valence-corrected chi connectivity index (χ0v) is 29.4. The Morgan fingerprint density at radius 3 is 2.19 bits per heavy atom. The van der Waals surface area contributed by atoms with E-state index in [4.69, 9.17) is 21.1 Å². The van der Waals surface area contributed by atoms with E-state index >= 15 is 0 Å². The van der Waals surface area contributed by atoms with Crippen molar-refractivity contribution in [3.63, 3.8) is 0 Å². The molecule has 1 fully saturated rings. The first-order valence-electron chi connectivity index (χ1n) is 15.8. The average Bonchev–Trinajstić information content (AvgIpc) is 3.41. The minimum absolute atomic E-state index is 0.0186. The summed E-state index contributed by atoms with van der Waals surface area (Å²) in [6.07, 6.45) is 3.36. The molecule has 4 aromatic rings. The summed E-state index contributed by atoms with van der Waals surface area (Å²) in [5, 5.41) is 1.34. The molecular formula is C37H42ClN3O5S. The minimum Gasteiger partial charge on any atom is -0.496 e. The maximum atomic E-state index is 14.5. The first kappa shape index (κ1) is 34.3. The fourth-order valence-electron chi connectivity index (χ4n) is 6.10. The maximum absolute atomic E-state index is 14.5. The van der Waals surface area contributed by atoms with E-state index < -0.39 is 5.60 Å². The van der Waals surface area contributed by atoms with E-state index in [-0.39, 0.29) is 24.1 Å². The molecule has 0 radical (unpaired) electrons. The molecule has 3 aromatic carbocycles. The predicted molar refractivity (Wildman–Crippen MR) is 190 cm³/mol. The van der Waals surface area contributed by atoms with E-state index in [0.717, 1.165) is 64.6 Å². The van der Waals surface area contributed by atoms with Gasteiger partial charge in [0.25, 0.3) is 5.91 Å². The molecular weight excluding hydrogens is 634 g/mol. The molecule has 1 aliphatic carbocycles. The monoisotopic (exact) mass is 675 g/mol. The molecule has 1 heterocycles. The summed E-state index contributed by atoms with van der Waals surface area (Å²) in [4.78, 5) is 44.2. The van der Waals surface area contributed by atoms with E-state index in [9.17, 15) is 14.4 Å². The predicted octanol–water partition coefficient (Wildman–Crippen LogP) is 8.64. The Kier molecular flexibility index (Phi) is 10.5. The molecule has 248 valence electrons. The molecule has 0 saturated heterocycles. The van der Waals surface area contributed by atoms with Crippen molar-refractivity contribution in [2.75, 3.05) is 26.1 Å². The van der Waals surface area contributed by atoms with Gasteiger partial charge in [0.2, 0.25) is 6.41 Å². The summed E-state index contributed by atoms with van der Waals surface area (Å²) in [5.41, 5.74) is 3.04. The van der Waals surface area contributed by atoms with E-state index in [1.54, 1.807) is 26.1 Å². The van der Waals surface area contributed by atoms with Crippen LogP contribution in [0.15, 0.2) is 66.7 Å². The van der Waals surface area contributed by atoms with E-state index in [1.807, 2.05) is 86.3 Å². The number of anilines is 1. The standard InChI is InChI=1S/C37H42ClN3O5S/c1-37(2,3)46-36(44)40(5)28-16-18-29(19-17-28)41(35(43)34-33(38)30-9-7-8-10-32(30)47-34)22-26-21-25(13-20-31(26)45-6)24-11-14-27(15-12-24)39(4)23-42/h7-15,20-21,23,28-29H,16-19,22H2,1-6H3. The number of halogens is 1. The van der Waals surface area contributed by atoms with Gasteiger partial charge in [-0.3, -0.25) is 9.59 Å². The van der Waals surface area contributed by atoms with Crippen LogP contribution in [0.3, 0.4) is 0 Å². The number of fused-ring (bicyclic) bond motifs is 1. The van der Waals surface area contributed by atoms with Crippen LogP contribution < -0.4 is 9.64 Å². The van der Waals surface area contributed by atoms with Crippen molar-refractivity contribution >= 4 is 57.1 Å². The van der Waals surface area contributed by atoms with Crippen LogP contribution in [0.5, 0.6) is 5.75 Å². The molecule has 0 atom stereocenters. The SMILES string of the molecule is COc1ccc(-c2ccc(N(C)C=O)cc2)cc1CN(C(=O)c1sc2ccccc2c1Cl)C1CCC(N(C)C(=O)OC(C)(C)C)CC1. The number of thiophene rings is 1. The first-order valence-corrected chi connectivity index (χ1v) is 17.0. The lowest BCUT2D eigenvalue weighted by Crippen LogP contribution is -2.47. The molecule has 0 bridgehead atoms. The summed E-state index contributed by atoms with van der Waals surface area (Å²) in [7, 11) is 5.14. The topological polar surface area (TPSA) is 79.4 Å². The molecule has 0 unspecified atom stereocenters. The molecule has 10 heteroatoms. The van der Waals surface area contributed by atoms with Crippen LogP contribution in [-0.2, 0) is 16.1 Å². The van der Waals surface area contributed by atoms with Crippen LogP contribution in [0.1, 0.15) is 61.7 Å². The van der Waals surface area contributed by atoms with Crippen molar-refractivity contribution in [1.82, 2.24) is 9.80 Å². The van der Waals surface area contributed by atoms with Crippen LogP contribution in [0.25, 0.3) is 21.2 Å². The number of benzene rings is 3. The summed E-state index contributed by atoms with van der Waals surface area (Å²) in [5.74, 6) is 0.568. The third kappa shape index (κ3) is 7.74. The van der Waals surface area contributed by atoms with Gasteiger partial charge in [-0.1, -0.05) is 48.0 Å². The third-order valence-corrected chi connectivity index (χ3v) is 10.4. The molecule has 0 aliphatic heterocycles. The number of carbonyl (C=O) groups excluding carboxylic acids is 3. The number of carbonyl (C=O) groups is 3. The Hall–Kier alpha value is -4.08. The fourth-order valence-corrected chi connectivity index (χ4v) is 7.57. The lowest BCUT2D eigenvalue weighted by atomic mass is 9.89. The third-order valence-electron chi connectivity index (χ3n) is 8.71. The van der Waals surface area contributed by atoms with E-state index in [0.29, 0.717) is 22.2 Å². The van der Waals surface area contributed by atoms with Gasteiger partial charge in [0.05, 0.1) is 12.1 Å². The summed E-state index contributed by atoms with van der Waals surface area (Å²) >= 11 is 8.27. The van der Waals surface area contributed by atoms with Crippen LogP contribution in [0.4, 0.5) is 10.5 Å². The maximum Gasteiger partial charge on any atom is 0.410 e. The van der Waals surface area contributed by atoms with Crippen molar-refractivity contribution in [3.05, 3.63) is 82.2 Å². The van der Waals surface area contributed by atoms with Gasteiger partial charge in [0.15, 0.2) is 0 Å². The largest absolute Gasteiger partial charge is 0.496 e. The molecule has 1 saturated carbocycles. The Morgan fingerprint density at radius 1 is 0.936 bits per heavy atom. The highest BCUT2D eigenvalue weighted by Crippen LogP contribution is 2.39. The van der Waals surface area contributed by atoms with Crippen molar-refractivity contribution < 1.29 is 23.9 Å². The summed E-state index contributed by atoms with van der Waals surface area (Å²) in [6, 6.07) is 21.5. The summed E-state index contributed by atoms with van der Waals surface area (Å²) < 4.78 is 12.4. The van der Waals surface area contributed by atoms with Gasteiger partial charge >= 0.3 is 6.09 Å². The fraction of sp³-hybridized carbons (Fsp3) is 0.378. The number of hydrogen-bond acceptors (Lipinski definition) is 6. The number of amides is 3. The van der Waals surface area contributed by atoms with Gasteiger partial charge in [0, 0.05) is 54.1 Å². The highest BCUT2D eigenvalue weighted by molar-refractivity contribution is 7.21. The lowest BCUT2D eigenvalue weighted by Gasteiger charge is -2.40. The molecule has 1 aromatic heterocycles. The van der Waals surface area contributed by atoms with Gasteiger partial charge in [-0.2, -0.15) is 0 Å². The number of rotatable bonds is 9. The highest BCUT2D eigenvalue weighted by atomic mass is 35.5. The first-order chi connectivity index (χ1) is 22.4. The summed E-state index contributed by atoms with van der Waals surface area (Å²) in [6.45, 7) is 5.92. The molecule has 0 N–H and O–H groups in total. The molecule has 5 rings (SSSR count). The zero-order chi connectivity index (χ0) is 33.9. The second-order valence-corrected chi connectivity index (χ2v) is 14.4. The molecule has 47 heavy (non-hydrogen) atoms. The van der Waals surface area contributed by atoms with Crippen molar-refractivity contribution in [1.29, 1.82) is 0 Å². The quantitative estimate of drug-likeness (QED) is 0.166. The van der Waals surface area contributed by atoms with Crippen molar-refractivity contribution in [2.24, 2.45) is 0 Å². The van der Waals surface area contributed by atoms with E-state index in [1.165, 1.54) is 16.2 Å². The molecule has 1 aliphatic rings. The van der Waals surface area contributed by atoms with Gasteiger partial charge < -0.3 is 24.2 Å². The second kappa shape index (κ2) is 14.4. The number of methoxy groups -OCH3 is 1. The van der Waals surface area contributed by atoms with Gasteiger partial charge in [-0.05, 0) is 87.9 Å². The smallest absolute Gasteiger partial charge is 0.410 e. The second-order valence-electron chi connectivity index (χ2n) is 13.0. The van der Waals surface area contributed by atoms with E-state index in [2.05, 4.69) is 6.07 Å². The number of ether oxygens (including phenoxy) is 2. The van der Waals surface area contributed by atoms with Gasteiger partial charge in [-0.25, -0.2) is 4.79 Å². The number of hydrogen-bond donors (Lipinski definition) is 0. The Morgan fingerprint density at radius 2 is 1.57 bits per heavy atom. The van der Waals surface area contributed by atoms with Crippen LogP contribution >= 0.6 is 22.9 Å². The molecule has 8 nitrogen and oxygen atoms in total. The lowest BCUT2D eigenvalue weighted by molar-refractivity contribution is -0.107. The van der Waals surface area contributed by atoms with Crippen LogP contribution in [0, 0.1) is 0 Å². The van der Waals surface area contributed by atoms with Crippen LogP contribution in [0.2, 0.25) is 5.02 Å². The van der Waals surface area contributed by atoms with Gasteiger partial charge in [0.1, 0.15) is 16.2 Å².